The van der Waals surface area contributed by atoms with Crippen molar-refractivity contribution in [3.05, 3.63) is 60.7 Å². The highest BCUT2D eigenvalue weighted by Crippen LogP contribution is 2.42. The third-order valence-electron chi connectivity index (χ3n) is 1.96. The maximum absolute atomic E-state index is 3.26. The molecule has 0 aromatic heterocycles. The second-order valence-corrected chi connectivity index (χ2v) is 8.52. The summed E-state index contributed by atoms with van der Waals surface area (Å²) < 4.78 is 6.52. The molecule has 0 unspecified atom stereocenters. The third kappa shape index (κ3) is 5.39. The topological polar surface area (TPSA) is 24.1 Å². The summed E-state index contributed by atoms with van der Waals surface area (Å²) in [5.41, 5.74) is 2.24. The number of para-hydroxylation sites is 2. The van der Waals surface area contributed by atoms with Crippen molar-refractivity contribution in [3.8, 4) is 0 Å². The van der Waals surface area contributed by atoms with Gasteiger partial charge in [0.25, 0.3) is 0 Å². The van der Waals surface area contributed by atoms with Crippen LogP contribution in [0.3, 0.4) is 0 Å². The highest BCUT2D eigenvalue weighted by atomic mass is 33.7. The molecule has 0 fully saturated rings. The SMILES string of the molecule is c1ccc(NSSSSNc2ccccc2)cc1. The van der Waals surface area contributed by atoms with Crippen LogP contribution in [-0.2, 0) is 0 Å². The summed E-state index contributed by atoms with van der Waals surface area (Å²) >= 11 is 0. The molecule has 18 heavy (non-hydrogen) atoms. The minimum absolute atomic E-state index is 1.12. The molecule has 0 bridgehead atoms. The molecule has 2 N–H and O–H groups in total. The van der Waals surface area contributed by atoms with Crippen molar-refractivity contribution in [3.63, 3.8) is 0 Å². The Hall–Kier alpha value is -0.560. The Kier molecular flexibility index (Phi) is 6.57. The molecule has 0 heterocycles. The van der Waals surface area contributed by atoms with Crippen LogP contribution in [-0.4, -0.2) is 0 Å². The second kappa shape index (κ2) is 8.53. The van der Waals surface area contributed by atoms with Crippen molar-refractivity contribution in [2.75, 3.05) is 9.44 Å². The van der Waals surface area contributed by atoms with Crippen LogP contribution in [0.4, 0.5) is 11.4 Å². The monoisotopic (exact) mass is 312 g/mol. The predicted molar refractivity (Wildman–Crippen MR) is 90.5 cm³/mol. The van der Waals surface area contributed by atoms with E-state index < -0.39 is 0 Å². The molecule has 0 aliphatic carbocycles. The summed E-state index contributed by atoms with van der Waals surface area (Å²) in [6.45, 7) is 0. The number of hydrogen-bond donors (Lipinski definition) is 2. The zero-order valence-corrected chi connectivity index (χ0v) is 12.7. The zero-order chi connectivity index (χ0) is 12.5. The van der Waals surface area contributed by atoms with Gasteiger partial charge in [-0.05, 0) is 24.3 Å². The van der Waals surface area contributed by atoms with Gasteiger partial charge in [-0.25, -0.2) is 0 Å². The fraction of sp³-hybridized carbons (Fsp3) is 0. The smallest absolute Gasteiger partial charge is 0.0448 e. The average Bonchev–Trinajstić information content (AvgIpc) is 2.45. The molecule has 2 rings (SSSR count). The lowest BCUT2D eigenvalue weighted by Crippen LogP contribution is -1.81. The Morgan fingerprint density at radius 3 is 1.33 bits per heavy atom. The maximum atomic E-state index is 3.26. The van der Waals surface area contributed by atoms with Gasteiger partial charge in [0, 0.05) is 53.0 Å². The molecular formula is C12H12N2S4. The van der Waals surface area contributed by atoms with E-state index >= 15 is 0 Å². The van der Waals surface area contributed by atoms with Crippen LogP contribution in [0.1, 0.15) is 0 Å². The van der Waals surface area contributed by atoms with E-state index in [1.165, 1.54) is 0 Å². The Morgan fingerprint density at radius 2 is 0.944 bits per heavy atom. The van der Waals surface area contributed by atoms with E-state index in [2.05, 4.69) is 9.44 Å². The molecule has 0 radical (unpaired) electrons. The van der Waals surface area contributed by atoms with E-state index in [0.29, 0.717) is 0 Å². The fourth-order valence-electron chi connectivity index (χ4n) is 1.17. The van der Waals surface area contributed by atoms with Crippen LogP contribution in [0, 0.1) is 0 Å². The lowest BCUT2D eigenvalue weighted by Gasteiger charge is -2.04. The van der Waals surface area contributed by atoms with Gasteiger partial charge in [0.2, 0.25) is 0 Å². The summed E-state index contributed by atoms with van der Waals surface area (Å²) in [6.07, 6.45) is 0. The quantitative estimate of drug-likeness (QED) is 0.385. The molecule has 0 aliphatic rings. The van der Waals surface area contributed by atoms with Crippen LogP contribution >= 0.6 is 41.6 Å². The highest BCUT2D eigenvalue weighted by molar-refractivity contribution is 9.26. The first-order chi connectivity index (χ1) is 8.95. The second-order valence-electron chi connectivity index (χ2n) is 3.24. The first-order valence-electron chi connectivity index (χ1n) is 5.23. The largest absolute Gasteiger partial charge is 0.320 e. The van der Waals surface area contributed by atoms with Gasteiger partial charge in [0.1, 0.15) is 0 Å². The minimum atomic E-state index is 1.12. The maximum Gasteiger partial charge on any atom is 0.0448 e. The first-order valence-corrected chi connectivity index (χ1v) is 10.0. The van der Waals surface area contributed by atoms with E-state index in [4.69, 9.17) is 0 Å². The van der Waals surface area contributed by atoms with Gasteiger partial charge >= 0.3 is 0 Å². The molecule has 0 spiro atoms. The molecular weight excluding hydrogens is 300 g/mol. The average molecular weight is 313 g/mol. The summed E-state index contributed by atoms with van der Waals surface area (Å²) in [5.74, 6) is 0. The van der Waals surface area contributed by atoms with Crippen molar-refractivity contribution in [1.29, 1.82) is 0 Å². The predicted octanol–water partition coefficient (Wildman–Crippen LogP) is 5.72. The van der Waals surface area contributed by atoms with Gasteiger partial charge in [-0.1, -0.05) is 36.4 Å². The molecule has 2 nitrogen and oxygen atoms in total. The van der Waals surface area contributed by atoms with Crippen LogP contribution in [0.25, 0.3) is 0 Å². The van der Waals surface area contributed by atoms with E-state index in [1.54, 1.807) is 41.6 Å². The van der Waals surface area contributed by atoms with E-state index in [-0.39, 0.29) is 0 Å². The van der Waals surface area contributed by atoms with Crippen molar-refractivity contribution >= 4 is 53.0 Å². The standard InChI is InChI=1S/C12H12N2S4/c1-3-7-11(8-4-1)13-15-17-18-16-14-12-9-5-2-6-10-12/h1-10,13-14H. The van der Waals surface area contributed by atoms with Gasteiger partial charge in [0.15, 0.2) is 0 Å². The van der Waals surface area contributed by atoms with Crippen molar-refractivity contribution < 1.29 is 0 Å². The summed E-state index contributed by atoms with van der Waals surface area (Å²) in [5, 5.41) is 0. The lowest BCUT2D eigenvalue weighted by molar-refractivity contribution is 1.69. The lowest BCUT2D eigenvalue weighted by atomic mass is 10.3. The fourth-order valence-corrected chi connectivity index (χ4v) is 5.32. The molecule has 0 saturated carbocycles. The van der Waals surface area contributed by atoms with E-state index in [0.717, 1.165) is 11.4 Å². The normalized spacial score (nSPS) is 10.0. The molecule has 0 amide bonds. The van der Waals surface area contributed by atoms with Crippen LogP contribution in [0.15, 0.2) is 60.7 Å². The van der Waals surface area contributed by atoms with Crippen molar-refractivity contribution in [2.45, 2.75) is 0 Å². The molecule has 2 aromatic rings. The minimum Gasteiger partial charge on any atom is -0.320 e. The summed E-state index contributed by atoms with van der Waals surface area (Å²) in [7, 11) is 6.60. The Labute approximate surface area is 123 Å². The molecule has 94 valence electrons. The summed E-state index contributed by atoms with van der Waals surface area (Å²) in [4.78, 5) is 0. The van der Waals surface area contributed by atoms with Gasteiger partial charge in [-0.3, -0.25) is 0 Å². The van der Waals surface area contributed by atoms with Gasteiger partial charge in [0.05, 0.1) is 0 Å². The number of anilines is 2. The van der Waals surface area contributed by atoms with E-state index in [9.17, 15) is 0 Å². The van der Waals surface area contributed by atoms with Gasteiger partial charge < -0.3 is 9.44 Å². The Morgan fingerprint density at radius 1 is 0.556 bits per heavy atom. The van der Waals surface area contributed by atoms with E-state index in [1.807, 2.05) is 60.7 Å². The van der Waals surface area contributed by atoms with Crippen LogP contribution in [0.5, 0.6) is 0 Å². The molecule has 0 atom stereocenters. The number of benzene rings is 2. The summed E-state index contributed by atoms with van der Waals surface area (Å²) in [6, 6.07) is 20.3. The molecule has 2 aromatic carbocycles. The van der Waals surface area contributed by atoms with Crippen LogP contribution in [0.2, 0.25) is 0 Å². The molecule has 6 heteroatoms. The van der Waals surface area contributed by atoms with Crippen molar-refractivity contribution in [2.24, 2.45) is 0 Å². The van der Waals surface area contributed by atoms with Crippen LogP contribution < -0.4 is 9.44 Å². The molecule has 0 aliphatic heterocycles. The first kappa shape index (κ1) is 13.9. The number of nitrogens with one attached hydrogen (secondary N) is 2. The zero-order valence-electron chi connectivity index (χ0n) is 9.41. The van der Waals surface area contributed by atoms with Crippen molar-refractivity contribution in [1.82, 2.24) is 0 Å². The van der Waals surface area contributed by atoms with Gasteiger partial charge in [-0.15, -0.1) is 0 Å². The third-order valence-corrected chi connectivity index (χ3v) is 7.09. The highest BCUT2D eigenvalue weighted by Gasteiger charge is 1.94. The van der Waals surface area contributed by atoms with Gasteiger partial charge in [-0.2, -0.15) is 0 Å². The molecule has 0 saturated heterocycles. The number of rotatable bonds is 7. The Bertz CT molecular complexity index is 395. The number of hydrogen-bond acceptors (Lipinski definition) is 6. The Balaban J connectivity index is 1.54.